The van der Waals surface area contributed by atoms with E-state index >= 15 is 0 Å². The van der Waals surface area contributed by atoms with E-state index in [1.807, 2.05) is 0 Å². The monoisotopic (exact) mass is 319 g/mol. The first kappa shape index (κ1) is 16.1. The SMILES string of the molecule is COC(=O)/C(C=Nc1cc2c(O)cc(O)cc2oc1=O)=C(/C)O. The van der Waals surface area contributed by atoms with Gasteiger partial charge in [0.15, 0.2) is 0 Å². The lowest BCUT2D eigenvalue weighted by Crippen LogP contribution is -2.08. The van der Waals surface area contributed by atoms with Crippen molar-refractivity contribution in [1.82, 2.24) is 0 Å². The number of benzene rings is 1. The summed E-state index contributed by atoms with van der Waals surface area (Å²) in [6.45, 7) is 1.26. The summed E-state index contributed by atoms with van der Waals surface area (Å²) in [6.07, 6.45) is 0.955. The molecule has 8 nitrogen and oxygen atoms in total. The van der Waals surface area contributed by atoms with Gasteiger partial charge in [-0.2, -0.15) is 0 Å². The van der Waals surface area contributed by atoms with Gasteiger partial charge in [0.25, 0.3) is 0 Å². The van der Waals surface area contributed by atoms with Gasteiger partial charge in [-0.1, -0.05) is 0 Å². The molecular weight excluding hydrogens is 306 g/mol. The van der Waals surface area contributed by atoms with Gasteiger partial charge in [-0.25, -0.2) is 14.6 Å². The zero-order valence-electron chi connectivity index (χ0n) is 12.2. The third kappa shape index (κ3) is 3.31. The van der Waals surface area contributed by atoms with Crippen molar-refractivity contribution in [2.45, 2.75) is 6.92 Å². The predicted molar refractivity (Wildman–Crippen MR) is 81.3 cm³/mol. The maximum absolute atomic E-state index is 11.8. The number of hydrogen-bond donors (Lipinski definition) is 3. The van der Waals surface area contributed by atoms with Gasteiger partial charge in [-0.15, -0.1) is 0 Å². The average molecular weight is 319 g/mol. The van der Waals surface area contributed by atoms with Crippen molar-refractivity contribution in [3.05, 3.63) is 40.0 Å². The zero-order valence-corrected chi connectivity index (χ0v) is 12.2. The van der Waals surface area contributed by atoms with Gasteiger partial charge in [0.05, 0.1) is 12.5 Å². The molecule has 0 radical (unpaired) electrons. The standard InChI is InChI=1S/C15H13NO7/c1-7(17)10(14(20)22-2)6-16-11-5-9-12(19)3-8(18)4-13(9)23-15(11)21/h3-6,17-19H,1-2H3/b10-7-,16-6?. The Morgan fingerprint density at radius 1 is 1.30 bits per heavy atom. The van der Waals surface area contributed by atoms with E-state index in [0.29, 0.717) is 0 Å². The second-order valence-electron chi connectivity index (χ2n) is 4.54. The van der Waals surface area contributed by atoms with E-state index in [-0.39, 0.29) is 39.5 Å². The molecule has 0 saturated carbocycles. The van der Waals surface area contributed by atoms with Crippen molar-refractivity contribution in [3.63, 3.8) is 0 Å². The molecule has 2 aromatic rings. The van der Waals surface area contributed by atoms with Crippen LogP contribution in [0.3, 0.4) is 0 Å². The number of aromatic hydroxyl groups is 2. The molecule has 1 aromatic carbocycles. The highest BCUT2D eigenvalue weighted by Gasteiger charge is 2.13. The lowest BCUT2D eigenvalue weighted by Gasteiger charge is -2.03. The summed E-state index contributed by atoms with van der Waals surface area (Å²) in [7, 11) is 1.13. The van der Waals surface area contributed by atoms with Crippen molar-refractivity contribution >= 4 is 28.8 Å². The van der Waals surface area contributed by atoms with Crippen molar-refractivity contribution < 1.29 is 29.3 Å². The van der Waals surface area contributed by atoms with Crippen molar-refractivity contribution in [1.29, 1.82) is 0 Å². The predicted octanol–water partition coefficient (Wildman–Crippen LogP) is 1.91. The molecule has 0 unspecified atom stereocenters. The van der Waals surface area contributed by atoms with Crippen LogP contribution in [0.15, 0.2) is 43.7 Å². The quantitative estimate of drug-likeness (QED) is 0.259. The molecule has 1 heterocycles. The fourth-order valence-corrected chi connectivity index (χ4v) is 1.80. The first-order chi connectivity index (χ1) is 10.8. The van der Waals surface area contributed by atoms with Gasteiger partial charge in [0.2, 0.25) is 0 Å². The molecule has 0 aliphatic rings. The first-order valence-electron chi connectivity index (χ1n) is 6.35. The molecule has 23 heavy (non-hydrogen) atoms. The molecule has 0 amide bonds. The van der Waals surface area contributed by atoms with Gasteiger partial charge in [0, 0.05) is 18.3 Å². The number of esters is 1. The number of ether oxygens (including phenoxy) is 1. The molecule has 0 atom stereocenters. The van der Waals surface area contributed by atoms with Gasteiger partial charge < -0.3 is 24.5 Å². The largest absolute Gasteiger partial charge is 0.512 e. The Labute approximate surface area is 129 Å². The van der Waals surface area contributed by atoms with E-state index in [2.05, 4.69) is 9.73 Å². The third-order valence-corrected chi connectivity index (χ3v) is 2.93. The van der Waals surface area contributed by atoms with Crippen molar-refractivity contribution in [2.75, 3.05) is 7.11 Å². The molecule has 8 heteroatoms. The lowest BCUT2D eigenvalue weighted by molar-refractivity contribution is -0.135. The smallest absolute Gasteiger partial charge is 0.362 e. The Morgan fingerprint density at radius 3 is 2.61 bits per heavy atom. The van der Waals surface area contributed by atoms with E-state index in [1.165, 1.54) is 19.1 Å². The Morgan fingerprint density at radius 2 is 2.00 bits per heavy atom. The number of methoxy groups -OCH3 is 1. The number of carbonyl (C=O) groups is 1. The Bertz CT molecular complexity index is 889. The Balaban J connectivity index is 2.54. The summed E-state index contributed by atoms with van der Waals surface area (Å²) in [5.74, 6) is -1.73. The minimum Gasteiger partial charge on any atom is -0.512 e. The van der Waals surface area contributed by atoms with Crippen molar-refractivity contribution in [2.24, 2.45) is 4.99 Å². The maximum Gasteiger partial charge on any atom is 0.362 e. The van der Waals surface area contributed by atoms with Crippen LogP contribution in [0.25, 0.3) is 11.0 Å². The highest BCUT2D eigenvalue weighted by molar-refractivity contribution is 6.10. The van der Waals surface area contributed by atoms with Gasteiger partial charge in [-0.3, -0.25) is 0 Å². The van der Waals surface area contributed by atoms with Crippen LogP contribution in [0.1, 0.15) is 6.92 Å². The number of aliphatic hydroxyl groups excluding tert-OH is 1. The number of allylic oxidation sites excluding steroid dienone is 1. The normalized spacial score (nSPS) is 12.4. The highest BCUT2D eigenvalue weighted by Crippen LogP contribution is 2.30. The number of aliphatic imine (C=N–C) groups is 1. The Kier molecular flexibility index (Phi) is 4.35. The summed E-state index contributed by atoms with van der Waals surface area (Å²) in [6, 6.07) is 3.48. The van der Waals surface area contributed by atoms with E-state index in [1.54, 1.807) is 0 Å². The van der Waals surface area contributed by atoms with Crippen molar-refractivity contribution in [3.8, 4) is 11.5 Å². The summed E-state index contributed by atoms with van der Waals surface area (Å²) in [4.78, 5) is 27.1. The second kappa shape index (κ2) is 6.22. The number of rotatable bonds is 3. The molecule has 0 spiro atoms. The van der Waals surface area contributed by atoms with E-state index in [9.17, 15) is 24.9 Å². The van der Waals surface area contributed by atoms with Crippen LogP contribution in [0.5, 0.6) is 11.5 Å². The van der Waals surface area contributed by atoms with E-state index in [0.717, 1.165) is 19.4 Å². The molecule has 2 rings (SSSR count). The van der Waals surface area contributed by atoms with Gasteiger partial charge >= 0.3 is 11.6 Å². The molecule has 0 aliphatic heterocycles. The molecule has 0 aliphatic carbocycles. The molecule has 120 valence electrons. The van der Waals surface area contributed by atoms with Gasteiger partial charge in [-0.05, 0) is 13.0 Å². The van der Waals surface area contributed by atoms with E-state index < -0.39 is 11.6 Å². The van der Waals surface area contributed by atoms with Crippen LogP contribution in [0, 0.1) is 0 Å². The third-order valence-electron chi connectivity index (χ3n) is 2.93. The first-order valence-corrected chi connectivity index (χ1v) is 6.35. The van der Waals surface area contributed by atoms with Crippen LogP contribution < -0.4 is 5.63 Å². The minimum absolute atomic E-state index is 0.0199. The zero-order chi connectivity index (χ0) is 17.1. The Hall–Kier alpha value is -3.29. The number of carbonyl (C=O) groups excluding carboxylic acids is 1. The number of fused-ring (bicyclic) bond motifs is 1. The topological polar surface area (TPSA) is 130 Å². The fraction of sp³-hybridized carbons (Fsp3) is 0.133. The summed E-state index contributed by atoms with van der Waals surface area (Å²) >= 11 is 0. The number of hydrogen-bond acceptors (Lipinski definition) is 8. The summed E-state index contributed by atoms with van der Waals surface area (Å²) in [5, 5.41) is 28.7. The summed E-state index contributed by atoms with van der Waals surface area (Å²) < 4.78 is 9.43. The van der Waals surface area contributed by atoms with Crippen LogP contribution >= 0.6 is 0 Å². The minimum atomic E-state index is -0.849. The molecule has 0 bridgehead atoms. The van der Waals surface area contributed by atoms with Crippen LogP contribution in [-0.4, -0.2) is 34.6 Å². The molecular formula is C15H13NO7. The molecule has 0 fully saturated rings. The van der Waals surface area contributed by atoms with E-state index in [4.69, 9.17) is 4.42 Å². The number of aliphatic hydroxyl groups is 1. The number of phenolic OH excluding ortho intramolecular Hbond substituents is 2. The summed E-state index contributed by atoms with van der Waals surface area (Å²) in [5.41, 5.74) is -1.31. The number of phenols is 2. The fourth-order valence-electron chi connectivity index (χ4n) is 1.80. The highest BCUT2D eigenvalue weighted by atomic mass is 16.5. The van der Waals surface area contributed by atoms with Crippen LogP contribution in [0.2, 0.25) is 0 Å². The maximum atomic E-state index is 11.8. The molecule has 0 saturated heterocycles. The van der Waals surface area contributed by atoms with Crippen LogP contribution in [0.4, 0.5) is 5.69 Å². The van der Waals surface area contributed by atoms with Gasteiger partial charge in [0.1, 0.15) is 34.1 Å². The van der Waals surface area contributed by atoms with Crippen LogP contribution in [-0.2, 0) is 9.53 Å². The molecule has 3 N–H and O–H groups in total. The lowest BCUT2D eigenvalue weighted by atomic mass is 10.2. The second-order valence-corrected chi connectivity index (χ2v) is 4.54. The number of nitrogens with zero attached hydrogens (tertiary/aromatic N) is 1. The molecule has 1 aromatic heterocycles. The average Bonchev–Trinajstić information content (AvgIpc) is 2.47.